The second-order valence-electron chi connectivity index (χ2n) is 5.56. The van der Waals surface area contributed by atoms with E-state index in [1.165, 1.54) is 17.0 Å². The molecular formula is C16H22N2O6S. The second-order valence-corrected chi connectivity index (χ2v) is 7.46. The van der Waals surface area contributed by atoms with E-state index in [4.69, 9.17) is 9.84 Å². The van der Waals surface area contributed by atoms with Crippen molar-refractivity contribution in [3.63, 3.8) is 0 Å². The van der Waals surface area contributed by atoms with E-state index in [0.29, 0.717) is 19.8 Å². The summed E-state index contributed by atoms with van der Waals surface area (Å²) in [5.41, 5.74) is 0. The van der Waals surface area contributed by atoms with Crippen molar-refractivity contribution in [2.24, 2.45) is 0 Å². The van der Waals surface area contributed by atoms with Gasteiger partial charge in [0.15, 0.2) is 0 Å². The highest BCUT2D eigenvalue weighted by Gasteiger charge is 2.42. The van der Waals surface area contributed by atoms with Crippen LogP contribution in [0.2, 0.25) is 0 Å². The topological polar surface area (TPSA) is 104 Å². The van der Waals surface area contributed by atoms with Gasteiger partial charge in [0.2, 0.25) is 15.9 Å². The molecule has 138 valence electrons. The molecule has 0 aliphatic carbocycles. The number of piperazine rings is 1. The van der Waals surface area contributed by atoms with Gasteiger partial charge in [-0.15, -0.1) is 0 Å². The van der Waals surface area contributed by atoms with Crippen molar-refractivity contribution in [3.8, 4) is 0 Å². The van der Waals surface area contributed by atoms with Gasteiger partial charge in [-0.3, -0.25) is 9.59 Å². The van der Waals surface area contributed by atoms with Crippen LogP contribution < -0.4 is 0 Å². The number of ether oxygens (including phenoxy) is 1. The largest absolute Gasteiger partial charge is 0.481 e. The summed E-state index contributed by atoms with van der Waals surface area (Å²) in [5, 5.41) is 9.12. The third-order valence-electron chi connectivity index (χ3n) is 3.96. The number of sulfonamides is 1. The molecule has 1 aromatic rings. The van der Waals surface area contributed by atoms with Gasteiger partial charge >= 0.3 is 5.97 Å². The Labute approximate surface area is 147 Å². The number of hydrogen-bond donors (Lipinski definition) is 1. The third kappa shape index (κ3) is 4.56. The van der Waals surface area contributed by atoms with Gasteiger partial charge in [-0.05, 0) is 19.1 Å². The maximum atomic E-state index is 12.8. The molecule has 1 aromatic carbocycles. The van der Waals surface area contributed by atoms with E-state index in [1.807, 2.05) is 6.92 Å². The van der Waals surface area contributed by atoms with Crippen LogP contribution in [0, 0.1) is 0 Å². The molecule has 25 heavy (non-hydrogen) atoms. The third-order valence-corrected chi connectivity index (χ3v) is 5.88. The van der Waals surface area contributed by atoms with Gasteiger partial charge in [-0.1, -0.05) is 18.2 Å². The summed E-state index contributed by atoms with van der Waals surface area (Å²) in [5.74, 6) is -1.73. The molecule has 0 aromatic heterocycles. The number of benzene rings is 1. The van der Waals surface area contributed by atoms with Crippen LogP contribution >= 0.6 is 0 Å². The summed E-state index contributed by atoms with van der Waals surface area (Å²) in [6.45, 7) is 3.23. The first-order valence-corrected chi connectivity index (χ1v) is 9.47. The molecule has 1 N–H and O–H groups in total. The smallest absolute Gasteiger partial charge is 0.305 e. The lowest BCUT2D eigenvalue weighted by atomic mass is 10.1. The van der Waals surface area contributed by atoms with Crippen molar-refractivity contribution in [2.45, 2.75) is 24.3 Å². The van der Waals surface area contributed by atoms with Crippen molar-refractivity contribution < 1.29 is 27.9 Å². The van der Waals surface area contributed by atoms with Crippen molar-refractivity contribution in [3.05, 3.63) is 30.3 Å². The molecule has 1 aliphatic heterocycles. The first kappa shape index (κ1) is 19.4. The zero-order chi connectivity index (χ0) is 18.4. The lowest BCUT2D eigenvalue weighted by Gasteiger charge is -2.39. The van der Waals surface area contributed by atoms with Crippen LogP contribution in [0.4, 0.5) is 0 Å². The van der Waals surface area contributed by atoms with E-state index in [1.54, 1.807) is 18.2 Å². The first-order chi connectivity index (χ1) is 11.9. The number of carbonyl (C=O) groups excluding carboxylic acids is 1. The number of carboxylic acids is 1. The highest BCUT2D eigenvalue weighted by Crippen LogP contribution is 2.24. The summed E-state index contributed by atoms with van der Waals surface area (Å²) in [4.78, 5) is 25.3. The Kier molecular flexibility index (Phi) is 6.51. The first-order valence-electron chi connectivity index (χ1n) is 8.03. The van der Waals surface area contributed by atoms with Crippen molar-refractivity contribution in [1.82, 2.24) is 9.21 Å². The predicted molar refractivity (Wildman–Crippen MR) is 89.4 cm³/mol. The molecule has 1 fully saturated rings. The van der Waals surface area contributed by atoms with E-state index in [0.717, 1.165) is 4.31 Å². The molecule has 8 nitrogen and oxygen atoms in total. The van der Waals surface area contributed by atoms with Crippen LogP contribution in [-0.4, -0.2) is 73.5 Å². The SMILES string of the molecule is CCOCCN1CCN(S(=O)(=O)c2ccccc2)C(CC(=O)O)C1=O. The maximum absolute atomic E-state index is 12.8. The number of amides is 1. The number of aliphatic carboxylic acids is 1. The molecule has 9 heteroatoms. The molecule has 1 atom stereocenters. The van der Waals surface area contributed by atoms with Crippen LogP contribution in [-0.2, 0) is 24.3 Å². The average Bonchev–Trinajstić information content (AvgIpc) is 2.58. The van der Waals surface area contributed by atoms with Gasteiger partial charge in [0.1, 0.15) is 6.04 Å². The number of carboxylic acid groups (broad SMARTS) is 1. The standard InChI is InChI=1S/C16H22N2O6S/c1-2-24-11-10-17-8-9-18(14(16(17)21)12-15(19)20)25(22,23)13-6-4-3-5-7-13/h3-7,14H,2,8-12H2,1H3,(H,19,20). The van der Waals surface area contributed by atoms with Gasteiger partial charge in [-0.25, -0.2) is 8.42 Å². The van der Waals surface area contributed by atoms with Crippen LogP contribution in [0.25, 0.3) is 0 Å². The van der Waals surface area contributed by atoms with Gasteiger partial charge in [0.05, 0.1) is 17.9 Å². The van der Waals surface area contributed by atoms with Gasteiger partial charge in [-0.2, -0.15) is 4.31 Å². The molecule has 0 radical (unpaired) electrons. The normalized spacial score (nSPS) is 19.2. The minimum Gasteiger partial charge on any atom is -0.481 e. The number of rotatable bonds is 8. The van der Waals surface area contributed by atoms with Gasteiger partial charge < -0.3 is 14.7 Å². The maximum Gasteiger partial charge on any atom is 0.305 e. The fourth-order valence-electron chi connectivity index (χ4n) is 2.73. The zero-order valence-corrected chi connectivity index (χ0v) is 14.8. The second kappa shape index (κ2) is 8.41. The van der Waals surface area contributed by atoms with Crippen LogP contribution in [0.1, 0.15) is 13.3 Å². The fraction of sp³-hybridized carbons (Fsp3) is 0.500. The summed E-state index contributed by atoms with van der Waals surface area (Å²) in [6, 6.07) is 6.46. The minimum absolute atomic E-state index is 0.0426. The predicted octanol–water partition coefficient (Wildman–Crippen LogP) is 0.399. The van der Waals surface area contributed by atoms with Crippen LogP contribution in [0.3, 0.4) is 0 Å². The molecule has 0 spiro atoms. The zero-order valence-electron chi connectivity index (χ0n) is 14.0. The number of hydrogen-bond acceptors (Lipinski definition) is 5. The van der Waals surface area contributed by atoms with Crippen LogP contribution in [0.5, 0.6) is 0 Å². The minimum atomic E-state index is -3.95. The van der Waals surface area contributed by atoms with E-state index >= 15 is 0 Å². The summed E-state index contributed by atoms with van der Waals surface area (Å²) in [6.07, 6.45) is -0.573. The summed E-state index contributed by atoms with van der Waals surface area (Å²) >= 11 is 0. The van der Waals surface area contributed by atoms with Gasteiger partial charge in [0, 0.05) is 26.2 Å². The Bertz CT molecular complexity index is 707. The highest BCUT2D eigenvalue weighted by molar-refractivity contribution is 7.89. The van der Waals surface area contributed by atoms with Crippen molar-refractivity contribution in [2.75, 3.05) is 32.8 Å². The summed E-state index contributed by atoms with van der Waals surface area (Å²) < 4.78 is 31.9. The average molecular weight is 370 g/mol. The van der Waals surface area contributed by atoms with Crippen molar-refractivity contribution >= 4 is 21.9 Å². The van der Waals surface area contributed by atoms with E-state index in [2.05, 4.69) is 0 Å². The van der Waals surface area contributed by atoms with E-state index < -0.39 is 34.4 Å². The lowest BCUT2D eigenvalue weighted by Crippen LogP contribution is -2.59. The fourth-order valence-corrected chi connectivity index (χ4v) is 4.32. The Hall–Kier alpha value is -1.97. The van der Waals surface area contributed by atoms with Gasteiger partial charge in [0.25, 0.3) is 0 Å². The monoisotopic (exact) mass is 370 g/mol. The Morgan fingerprint density at radius 3 is 2.56 bits per heavy atom. The molecule has 1 aliphatic rings. The molecule has 1 amide bonds. The number of nitrogens with zero attached hydrogens (tertiary/aromatic N) is 2. The number of carbonyl (C=O) groups is 2. The Morgan fingerprint density at radius 1 is 1.28 bits per heavy atom. The Morgan fingerprint density at radius 2 is 1.96 bits per heavy atom. The van der Waals surface area contributed by atoms with E-state index in [-0.39, 0.29) is 18.0 Å². The quantitative estimate of drug-likeness (QED) is 0.664. The molecule has 1 heterocycles. The molecule has 1 unspecified atom stereocenters. The molecular weight excluding hydrogens is 348 g/mol. The van der Waals surface area contributed by atoms with E-state index in [9.17, 15) is 18.0 Å². The molecule has 1 saturated heterocycles. The molecule has 2 rings (SSSR count). The molecule has 0 bridgehead atoms. The highest BCUT2D eigenvalue weighted by atomic mass is 32.2. The van der Waals surface area contributed by atoms with Crippen LogP contribution in [0.15, 0.2) is 35.2 Å². The molecule has 0 saturated carbocycles. The van der Waals surface area contributed by atoms with Crippen molar-refractivity contribution in [1.29, 1.82) is 0 Å². The Balaban J connectivity index is 2.26. The lowest BCUT2D eigenvalue weighted by molar-refractivity contribution is -0.147. The summed E-state index contributed by atoms with van der Waals surface area (Å²) in [7, 11) is -3.95.